The highest BCUT2D eigenvalue weighted by Crippen LogP contribution is 2.50. The Labute approximate surface area is 271 Å². The molecule has 0 amide bonds. The van der Waals surface area contributed by atoms with Gasteiger partial charge in [-0.2, -0.15) is 0 Å². The van der Waals surface area contributed by atoms with E-state index in [2.05, 4.69) is 11.3 Å². The molecule has 2 saturated heterocycles. The summed E-state index contributed by atoms with van der Waals surface area (Å²) in [5.74, 6) is -2.20. The van der Waals surface area contributed by atoms with Gasteiger partial charge in [0.2, 0.25) is 0 Å². The molecule has 0 radical (unpaired) electrons. The highest BCUT2D eigenvalue weighted by Gasteiger charge is 2.43. The van der Waals surface area contributed by atoms with Crippen LogP contribution in [0.1, 0.15) is 78.3 Å². The molecule has 256 valence electrons. The van der Waals surface area contributed by atoms with Crippen molar-refractivity contribution in [3.05, 3.63) is 58.7 Å². The number of phenols is 3. The fourth-order valence-corrected chi connectivity index (χ4v) is 6.39. The summed E-state index contributed by atoms with van der Waals surface area (Å²) in [5.41, 5.74) is 1.63. The van der Waals surface area contributed by atoms with E-state index in [-0.39, 0.29) is 54.6 Å². The number of ketones is 1. The summed E-state index contributed by atoms with van der Waals surface area (Å²) in [6.07, 6.45) is -5.04. The summed E-state index contributed by atoms with van der Waals surface area (Å²) in [4.78, 5) is 24.9. The van der Waals surface area contributed by atoms with Crippen molar-refractivity contribution in [3.8, 4) is 23.0 Å². The molecule has 3 aliphatic rings. The number of aromatic hydroxyl groups is 3. The van der Waals surface area contributed by atoms with Gasteiger partial charge in [-0.05, 0) is 55.9 Å². The Bertz CT molecular complexity index is 1490. The summed E-state index contributed by atoms with van der Waals surface area (Å²) in [5, 5.41) is 63.9. The second kappa shape index (κ2) is 14.6. The number of hydrogen-bond donors (Lipinski definition) is 6. The number of rotatable bonds is 10. The Morgan fingerprint density at radius 2 is 1.74 bits per heavy atom. The fraction of sp³-hybridized carbons (Fsp3) is 0.529. The minimum Gasteiger partial charge on any atom is -0.508 e. The van der Waals surface area contributed by atoms with E-state index in [4.69, 9.17) is 18.9 Å². The van der Waals surface area contributed by atoms with E-state index in [9.17, 15) is 40.2 Å². The molecule has 7 unspecified atom stereocenters. The average molecular weight is 659 g/mol. The summed E-state index contributed by atoms with van der Waals surface area (Å²) >= 11 is 0. The van der Waals surface area contributed by atoms with Crippen molar-refractivity contribution in [2.75, 3.05) is 20.3 Å². The van der Waals surface area contributed by atoms with Crippen LogP contribution in [0.25, 0.3) is 0 Å². The molecule has 2 fully saturated rings. The molecule has 8 atom stereocenters. The van der Waals surface area contributed by atoms with Crippen molar-refractivity contribution in [1.82, 2.24) is 0 Å². The summed E-state index contributed by atoms with van der Waals surface area (Å²) < 4.78 is 28.0. The van der Waals surface area contributed by atoms with Gasteiger partial charge in [-0.3, -0.25) is 4.79 Å². The molecule has 0 spiro atoms. The van der Waals surface area contributed by atoms with Crippen molar-refractivity contribution in [1.29, 1.82) is 0 Å². The molecule has 3 heterocycles. The van der Waals surface area contributed by atoms with Gasteiger partial charge in [-0.1, -0.05) is 18.2 Å². The highest BCUT2D eigenvalue weighted by atomic mass is 16.6. The number of benzene rings is 2. The number of Topliss-reactive ketones (excluding diaryl/α,β-unsaturated/α-hetero) is 1. The van der Waals surface area contributed by atoms with Crippen LogP contribution in [0, 0.1) is 0 Å². The first-order valence-electron chi connectivity index (χ1n) is 15.6. The monoisotopic (exact) mass is 658 g/mol. The van der Waals surface area contributed by atoms with Crippen LogP contribution in [0.5, 0.6) is 23.0 Å². The van der Waals surface area contributed by atoms with Gasteiger partial charge < -0.3 is 54.3 Å². The molecule has 13 nitrogen and oxygen atoms in total. The predicted octanol–water partition coefficient (Wildman–Crippen LogP) is 2.67. The molecule has 3 aliphatic heterocycles. The number of aliphatic hydroxyl groups is 3. The molecule has 0 aromatic heterocycles. The van der Waals surface area contributed by atoms with E-state index < -0.39 is 72.6 Å². The maximum absolute atomic E-state index is 13.4. The molecular weight excluding hydrogens is 616 g/mol. The largest absolute Gasteiger partial charge is 0.508 e. The third-order valence-corrected chi connectivity index (χ3v) is 8.92. The molecule has 47 heavy (non-hydrogen) atoms. The lowest BCUT2D eigenvalue weighted by Crippen LogP contribution is -2.48. The Morgan fingerprint density at radius 3 is 2.49 bits per heavy atom. The second-order valence-corrected chi connectivity index (χ2v) is 12.5. The lowest BCUT2D eigenvalue weighted by Gasteiger charge is -2.39. The lowest BCUT2D eigenvalue weighted by molar-refractivity contribution is -0.190. The molecule has 13 heteroatoms. The second-order valence-electron chi connectivity index (χ2n) is 12.5. The first-order valence-corrected chi connectivity index (χ1v) is 15.6. The summed E-state index contributed by atoms with van der Waals surface area (Å²) in [6.45, 7) is 5.38. The quantitative estimate of drug-likeness (QED) is 0.161. The number of esters is 1. The Hall–Kier alpha value is -3.72. The SMILES string of the molecule is C=C(Cc1cc(C2CC(=O)c3c(O)cc(O)c(C4CC(O)C(O)C(COCC(=O)OC)O4)c3O2)ccc1O)CC1O[C@@H](C)CCC1O. The maximum atomic E-state index is 13.4. The van der Waals surface area contributed by atoms with Crippen LogP contribution in [-0.2, 0) is 30.2 Å². The number of carbonyl (C=O) groups is 2. The molecule has 2 aromatic carbocycles. The number of fused-ring (bicyclic) bond motifs is 1. The number of hydrogen-bond acceptors (Lipinski definition) is 13. The van der Waals surface area contributed by atoms with Crippen LogP contribution in [-0.4, -0.2) is 99.3 Å². The van der Waals surface area contributed by atoms with Crippen LogP contribution in [0.2, 0.25) is 0 Å². The van der Waals surface area contributed by atoms with Crippen LogP contribution in [0.4, 0.5) is 0 Å². The minimum atomic E-state index is -1.38. The van der Waals surface area contributed by atoms with E-state index in [0.717, 1.165) is 18.1 Å². The highest BCUT2D eigenvalue weighted by molar-refractivity contribution is 6.03. The number of carbonyl (C=O) groups excluding carboxylic acids is 2. The van der Waals surface area contributed by atoms with Gasteiger partial charge >= 0.3 is 5.97 Å². The van der Waals surface area contributed by atoms with Crippen molar-refractivity contribution in [2.45, 2.75) is 94.3 Å². The molecule has 0 saturated carbocycles. The van der Waals surface area contributed by atoms with Crippen molar-refractivity contribution in [3.63, 3.8) is 0 Å². The first kappa shape index (κ1) is 34.6. The summed E-state index contributed by atoms with van der Waals surface area (Å²) in [6, 6.07) is 5.78. The maximum Gasteiger partial charge on any atom is 0.331 e. The molecular formula is C34H42O13. The van der Waals surface area contributed by atoms with Crippen molar-refractivity contribution >= 4 is 11.8 Å². The average Bonchev–Trinajstić information content (AvgIpc) is 3.01. The van der Waals surface area contributed by atoms with Gasteiger partial charge in [0.05, 0.1) is 56.2 Å². The fourth-order valence-electron chi connectivity index (χ4n) is 6.39. The van der Waals surface area contributed by atoms with E-state index in [1.807, 2.05) is 6.92 Å². The van der Waals surface area contributed by atoms with Crippen molar-refractivity contribution in [2.24, 2.45) is 0 Å². The van der Waals surface area contributed by atoms with E-state index in [0.29, 0.717) is 24.0 Å². The van der Waals surface area contributed by atoms with Crippen LogP contribution < -0.4 is 4.74 Å². The molecule has 0 bridgehead atoms. The standard InChI is InChI=1S/C34H42O13/c1-16(9-27-21(36)6-4-17(2)45-27)8-19-10-18(5-7-20(19)35)26-12-24(39)31-22(37)11-23(38)32(34(31)47-26)28-13-25(40)33(42)29(46-28)14-44-15-30(41)43-3/h5,7,10-11,17,21,25-29,33,35-38,40,42H,1,4,6,8-9,12-15H2,2-3H3/t17-,21?,25?,26?,27?,28?,29?,33?/m0/s1. The normalized spacial score (nSPS) is 29.1. The zero-order valence-corrected chi connectivity index (χ0v) is 26.3. The number of phenolic OH excluding ortho intramolecular Hbond substituents is 3. The van der Waals surface area contributed by atoms with Gasteiger partial charge in [-0.25, -0.2) is 4.79 Å². The van der Waals surface area contributed by atoms with Gasteiger partial charge in [0.15, 0.2) is 5.78 Å². The third kappa shape index (κ3) is 7.72. The smallest absolute Gasteiger partial charge is 0.331 e. The lowest BCUT2D eigenvalue weighted by atomic mass is 9.88. The molecule has 6 N–H and O–H groups in total. The molecule has 5 rings (SSSR count). The van der Waals surface area contributed by atoms with Crippen LogP contribution >= 0.6 is 0 Å². The van der Waals surface area contributed by atoms with E-state index in [1.54, 1.807) is 12.1 Å². The number of ether oxygens (including phenoxy) is 5. The zero-order chi connectivity index (χ0) is 34.0. The van der Waals surface area contributed by atoms with Crippen LogP contribution in [0.15, 0.2) is 36.4 Å². The van der Waals surface area contributed by atoms with E-state index in [1.165, 1.54) is 13.2 Å². The van der Waals surface area contributed by atoms with Gasteiger partial charge in [0, 0.05) is 12.5 Å². The summed E-state index contributed by atoms with van der Waals surface area (Å²) in [7, 11) is 1.19. The van der Waals surface area contributed by atoms with Crippen molar-refractivity contribution < 1.29 is 63.9 Å². The minimum absolute atomic E-state index is 0.00702. The molecule has 2 aromatic rings. The van der Waals surface area contributed by atoms with Gasteiger partial charge in [0.1, 0.15) is 53.5 Å². The zero-order valence-electron chi connectivity index (χ0n) is 26.3. The third-order valence-electron chi connectivity index (χ3n) is 8.92. The van der Waals surface area contributed by atoms with Crippen LogP contribution in [0.3, 0.4) is 0 Å². The Kier molecular flexibility index (Phi) is 10.7. The number of aliphatic hydroxyl groups excluding tert-OH is 3. The topological polar surface area (TPSA) is 202 Å². The van der Waals surface area contributed by atoms with Gasteiger partial charge in [0.25, 0.3) is 0 Å². The number of methoxy groups -OCH3 is 1. The van der Waals surface area contributed by atoms with E-state index >= 15 is 0 Å². The first-order chi connectivity index (χ1) is 22.4. The Balaban J connectivity index is 1.38. The van der Waals surface area contributed by atoms with Gasteiger partial charge in [-0.15, -0.1) is 0 Å². The predicted molar refractivity (Wildman–Crippen MR) is 164 cm³/mol. The molecule has 0 aliphatic carbocycles. The Morgan fingerprint density at radius 1 is 0.979 bits per heavy atom.